The molecule has 32 heavy (non-hydrogen) atoms. The summed E-state index contributed by atoms with van der Waals surface area (Å²) >= 11 is -1.08. The molecule has 0 bridgehead atoms. The zero-order valence-corrected chi connectivity index (χ0v) is 18.8. The quantitative estimate of drug-likeness (QED) is 0.447. The van der Waals surface area contributed by atoms with Gasteiger partial charge < -0.3 is 23.7 Å². The van der Waals surface area contributed by atoms with E-state index in [1.807, 2.05) is 12.1 Å². The molecule has 2 heterocycles. The molecule has 0 fully saturated rings. The summed E-state index contributed by atoms with van der Waals surface area (Å²) in [4.78, 5) is 25.6. The van der Waals surface area contributed by atoms with E-state index in [1.165, 1.54) is 14.2 Å². The van der Waals surface area contributed by atoms with Gasteiger partial charge in [-0.15, -0.1) is 0 Å². The van der Waals surface area contributed by atoms with Crippen molar-refractivity contribution in [2.45, 2.75) is 4.90 Å². The molecule has 2 aromatic carbocycles. The van der Waals surface area contributed by atoms with Crippen LogP contribution in [0.4, 0.5) is 0 Å². The second-order valence-corrected chi connectivity index (χ2v) is 8.24. The van der Waals surface area contributed by atoms with Crippen LogP contribution in [0, 0.1) is 0 Å². The van der Waals surface area contributed by atoms with Crippen LogP contribution in [0.3, 0.4) is 0 Å². The fourth-order valence-electron chi connectivity index (χ4n) is 3.37. The minimum atomic E-state index is -1.08. The van der Waals surface area contributed by atoms with Crippen LogP contribution in [0.1, 0.15) is 0 Å². The van der Waals surface area contributed by atoms with E-state index in [0.717, 1.165) is 5.56 Å². The van der Waals surface area contributed by atoms with Crippen molar-refractivity contribution in [3.8, 4) is 40.0 Å². The molecule has 4 rings (SSSR count). The summed E-state index contributed by atoms with van der Waals surface area (Å²) in [6.07, 6.45) is 1.63. The van der Waals surface area contributed by atoms with Gasteiger partial charge in [-0.05, 0) is 47.6 Å². The Bertz CT molecular complexity index is 1340. The second kappa shape index (κ2) is 8.89. The van der Waals surface area contributed by atoms with Crippen molar-refractivity contribution in [1.82, 2.24) is 15.0 Å². The Hall–Kier alpha value is -3.56. The van der Waals surface area contributed by atoms with Crippen LogP contribution in [-0.4, -0.2) is 47.1 Å². The second-order valence-electron chi connectivity index (χ2n) is 6.86. The van der Waals surface area contributed by atoms with E-state index in [9.17, 15) is 9.35 Å². The van der Waals surface area contributed by atoms with Crippen molar-refractivity contribution in [3.63, 3.8) is 0 Å². The molecule has 9 heteroatoms. The first-order valence-corrected chi connectivity index (χ1v) is 11.2. The van der Waals surface area contributed by atoms with E-state index in [-0.39, 0.29) is 5.56 Å². The number of methoxy groups -OCH3 is 3. The molecule has 1 unspecified atom stereocenters. The highest BCUT2D eigenvalue weighted by molar-refractivity contribution is 7.90. The molecular formula is C23H21N3O5S. The van der Waals surface area contributed by atoms with Crippen molar-refractivity contribution in [2.24, 2.45) is 0 Å². The van der Waals surface area contributed by atoms with Gasteiger partial charge in [0.1, 0.15) is 40.3 Å². The van der Waals surface area contributed by atoms with E-state index < -0.39 is 11.2 Å². The highest BCUT2D eigenvalue weighted by Crippen LogP contribution is 2.32. The van der Waals surface area contributed by atoms with Gasteiger partial charge in [-0.3, -0.25) is 4.79 Å². The van der Waals surface area contributed by atoms with Crippen LogP contribution in [-0.2, 0) is 11.2 Å². The molecule has 2 aromatic heterocycles. The molecule has 1 N–H and O–H groups in total. The molecule has 0 aliphatic rings. The normalized spacial score (nSPS) is 11.9. The molecule has 4 aromatic rings. The first-order valence-electron chi connectivity index (χ1n) is 9.60. The SMILES string of the molecule is COc1cc(OC)c2c(=O)[nH]c(-c3ccc(OC)c(-c4ccc([S+](C)[O-])cc4)n3)nc2c1. The van der Waals surface area contributed by atoms with Gasteiger partial charge in [-0.2, -0.15) is 0 Å². The summed E-state index contributed by atoms with van der Waals surface area (Å²) in [6.45, 7) is 0. The summed E-state index contributed by atoms with van der Waals surface area (Å²) in [5.74, 6) is 1.75. The Morgan fingerprint density at radius 2 is 1.62 bits per heavy atom. The lowest BCUT2D eigenvalue weighted by Crippen LogP contribution is -2.11. The molecule has 164 valence electrons. The van der Waals surface area contributed by atoms with Gasteiger partial charge in [0.25, 0.3) is 5.56 Å². The van der Waals surface area contributed by atoms with Crippen LogP contribution >= 0.6 is 0 Å². The zero-order chi connectivity index (χ0) is 22.8. The maximum Gasteiger partial charge on any atom is 0.262 e. The number of nitrogens with one attached hydrogen (secondary N) is 1. The summed E-state index contributed by atoms with van der Waals surface area (Å²) in [5.41, 5.74) is 1.89. The molecule has 0 spiro atoms. The molecule has 0 radical (unpaired) electrons. The lowest BCUT2D eigenvalue weighted by Gasteiger charge is -2.12. The summed E-state index contributed by atoms with van der Waals surface area (Å²) < 4.78 is 27.8. The number of hydrogen-bond donors (Lipinski definition) is 1. The number of benzene rings is 2. The van der Waals surface area contributed by atoms with Gasteiger partial charge >= 0.3 is 0 Å². The van der Waals surface area contributed by atoms with E-state index in [4.69, 9.17) is 19.2 Å². The molecule has 8 nitrogen and oxygen atoms in total. The summed E-state index contributed by atoms with van der Waals surface area (Å²) in [7, 11) is 4.58. The Labute approximate surface area is 187 Å². The number of H-pyrrole nitrogens is 1. The maximum atomic E-state index is 12.8. The Balaban J connectivity index is 1.87. The lowest BCUT2D eigenvalue weighted by molar-refractivity contribution is 0.397. The average molecular weight is 452 g/mol. The molecule has 0 saturated carbocycles. The Morgan fingerprint density at radius 1 is 0.906 bits per heavy atom. The van der Waals surface area contributed by atoms with Crippen molar-refractivity contribution in [3.05, 3.63) is 58.9 Å². The monoisotopic (exact) mass is 451 g/mol. The Morgan fingerprint density at radius 3 is 2.25 bits per heavy atom. The van der Waals surface area contributed by atoms with Crippen LogP contribution in [0.15, 0.2) is 58.2 Å². The topological polar surface area (TPSA) is 109 Å². The third-order valence-corrected chi connectivity index (χ3v) is 5.92. The largest absolute Gasteiger partial charge is 0.612 e. The van der Waals surface area contributed by atoms with Crippen LogP contribution < -0.4 is 19.8 Å². The predicted molar refractivity (Wildman–Crippen MR) is 123 cm³/mol. The fourth-order valence-corrected chi connectivity index (χ4v) is 3.88. The van der Waals surface area contributed by atoms with Crippen molar-refractivity contribution >= 4 is 22.1 Å². The number of rotatable bonds is 6. The third kappa shape index (κ3) is 4.00. The maximum absolute atomic E-state index is 12.8. The van der Waals surface area contributed by atoms with Crippen molar-refractivity contribution in [1.29, 1.82) is 0 Å². The molecular weight excluding hydrogens is 430 g/mol. The average Bonchev–Trinajstić information content (AvgIpc) is 2.82. The number of ether oxygens (including phenoxy) is 3. The standard InChI is InChI=1S/C23H21N3O5S/c1-29-14-11-17-20(19(12-14)31-3)23(27)26-22(25-17)16-9-10-18(30-2)21(24-16)13-5-7-15(8-6-13)32(4)28/h5-12H,1-4H3,(H,25,26,27). The molecule has 1 atom stereocenters. The number of hydrogen-bond acceptors (Lipinski definition) is 7. The zero-order valence-electron chi connectivity index (χ0n) is 18.0. The van der Waals surface area contributed by atoms with Crippen molar-refractivity contribution in [2.75, 3.05) is 27.6 Å². The predicted octanol–water partition coefficient (Wildman–Crippen LogP) is 3.42. The van der Waals surface area contributed by atoms with Gasteiger partial charge in [0.05, 0.1) is 26.8 Å². The van der Waals surface area contributed by atoms with Crippen molar-refractivity contribution < 1.29 is 18.8 Å². The molecule has 0 aliphatic carbocycles. The van der Waals surface area contributed by atoms with E-state index in [2.05, 4.69) is 9.97 Å². The van der Waals surface area contributed by atoms with E-state index in [1.54, 1.807) is 49.8 Å². The minimum absolute atomic E-state index is 0.299. The van der Waals surface area contributed by atoms with E-state index >= 15 is 0 Å². The number of aromatic amines is 1. The molecule has 0 amide bonds. The van der Waals surface area contributed by atoms with Crippen LogP contribution in [0.2, 0.25) is 0 Å². The molecule has 0 aliphatic heterocycles. The third-order valence-electron chi connectivity index (χ3n) is 4.98. The van der Waals surface area contributed by atoms with Gasteiger partial charge in [-0.1, -0.05) is 0 Å². The highest BCUT2D eigenvalue weighted by Gasteiger charge is 2.16. The van der Waals surface area contributed by atoms with Gasteiger partial charge in [-0.25, -0.2) is 9.97 Å². The first-order chi connectivity index (χ1) is 15.4. The number of aromatic nitrogens is 3. The van der Waals surface area contributed by atoms with Gasteiger partial charge in [0.15, 0.2) is 10.7 Å². The number of nitrogens with zero attached hydrogens (tertiary/aromatic N) is 2. The summed E-state index contributed by atoms with van der Waals surface area (Å²) in [5, 5.41) is 0.328. The van der Waals surface area contributed by atoms with Crippen LogP contribution in [0.5, 0.6) is 17.2 Å². The smallest absolute Gasteiger partial charge is 0.262 e. The van der Waals surface area contributed by atoms with Gasteiger partial charge in [0, 0.05) is 17.7 Å². The lowest BCUT2D eigenvalue weighted by atomic mass is 10.1. The molecule has 0 saturated heterocycles. The van der Waals surface area contributed by atoms with Crippen LogP contribution in [0.25, 0.3) is 33.7 Å². The Kier molecular flexibility index (Phi) is 6.02. The first kappa shape index (κ1) is 21.7. The summed E-state index contributed by atoms with van der Waals surface area (Å²) in [6, 6.07) is 14.0. The van der Waals surface area contributed by atoms with Gasteiger partial charge in [0.2, 0.25) is 0 Å². The van der Waals surface area contributed by atoms with E-state index in [0.29, 0.717) is 50.3 Å². The highest BCUT2D eigenvalue weighted by atomic mass is 32.2. The number of fused-ring (bicyclic) bond motifs is 1. The minimum Gasteiger partial charge on any atom is -0.612 e. The number of pyridine rings is 1. The fraction of sp³-hybridized carbons (Fsp3) is 0.174.